The number of nitrogens with zero attached hydrogens (tertiary/aromatic N) is 5. The standard InChI is InChI=1S/C40H47N7O/c1-3-23-47(2)24-8-7-10-27-18-20-40(21-19-27)33-36-32(38(41)44-26-43-36)35(45-37(33)40)30-16-14-29(15-17-30)34(28-11-5-4-6-12-28)46-39(48)31-13-9-22-42-25-31/h4-6,9,11-17,22,25-27,33-34,37H,3,7-8,10,18-21,23-24H2,1-2H3,(H,46,48)(H2,41,43,44). The minimum absolute atomic E-state index is 0.170. The van der Waals surface area contributed by atoms with Gasteiger partial charge in [0, 0.05) is 29.3 Å². The molecule has 2 aliphatic carbocycles. The topological polar surface area (TPSA) is 109 Å². The third kappa shape index (κ3) is 6.38. The van der Waals surface area contributed by atoms with E-state index >= 15 is 0 Å². The second kappa shape index (κ2) is 14.0. The predicted octanol–water partition coefficient (Wildman–Crippen LogP) is 6.98. The molecule has 0 saturated heterocycles. The fraction of sp³-hybridized carbons (Fsp3) is 0.425. The summed E-state index contributed by atoms with van der Waals surface area (Å²) in [5.74, 6) is 1.47. The number of carbonyl (C=O) groups excluding carboxylic acids is 1. The van der Waals surface area contributed by atoms with Crippen LogP contribution < -0.4 is 11.1 Å². The highest BCUT2D eigenvalue weighted by molar-refractivity contribution is 6.17. The number of unbranched alkanes of at least 4 members (excludes halogenated alkanes) is 1. The number of hydrogen-bond acceptors (Lipinski definition) is 7. The molecule has 2 aromatic carbocycles. The summed E-state index contributed by atoms with van der Waals surface area (Å²) in [6, 6.07) is 21.9. The number of aliphatic imine (C=N–C) groups is 1. The molecule has 1 spiro atoms. The number of fused-ring (bicyclic) bond motifs is 5. The van der Waals surface area contributed by atoms with Gasteiger partial charge in [-0.15, -0.1) is 0 Å². The lowest BCUT2D eigenvalue weighted by Gasteiger charge is -2.29. The van der Waals surface area contributed by atoms with Crippen molar-refractivity contribution in [3.8, 4) is 0 Å². The number of anilines is 1. The molecule has 248 valence electrons. The average Bonchev–Trinajstić information content (AvgIpc) is 3.75. The van der Waals surface area contributed by atoms with Gasteiger partial charge < -0.3 is 16.0 Å². The van der Waals surface area contributed by atoms with Gasteiger partial charge in [0.1, 0.15) is 12.1 Å². The molecule has 3 N–H and O–H groups in total. The highest BCUT2D eigenvalue weighted by atomic mass is 16.1. The van der Waals surface area contributed by atoms with E-state index in [0.29, 0.717) is 17.3 Å². The molecule has 2 aromatic heterocycles. The SMILES string of the molecule is CCCN(C)CCCCC1CCC2(CC1)C1N=C(c3ccc(C(NC(=O)c4cccnc4)c4ccccc4)cc3)c3c(N)ncnc3C12. The van der Waals surface area contributed by atoms with Crippen LogP contribution in [0, 0.1) is 11.3 Å². The first-order chi connectivity index (χ1) is 23.5. The number of nitrogen functional groups attached to an aromatic ring is 1. The third-order valence-corrected chi connectivity index (χ3v) is 11.0. The Morgan fingerprint density at radius 1 is 0.979 bits per heavy atom. The zero-order chi connectivity index (χ0) is 33.1. The van der Waals surface area contributed by atoms with Crippen LogP contribution in [0.2, 0.25) is 0 Å². The van der Waals surface area contributed by atoms with Crippen molar-refractivity contribution in [1.29, 1.82) is 0 Å². The maximum atomic E-state index is 13.2. The quantitative estimate of drug-likeness (QED) is 0.162. The van der Waals surface area contributed by atoms with Gasteiger partial charge in [0.25, 0.3) is 5.91 Å². The molecule has 2 fully saturated rings. The van der Waals surface area contributed by atoms with Crippen LogP contribution in [0.15, 0.2) is 90.4 Å². The minimum Gasteiger partial charge on any atom is -0.383 e. The zero-order valence-electron chi connectivity index (χ0n) is 28.2. The van der Waals surface area contributed by atoms with Gasteiger partial charge >= 0.3 is 0 Å². The number of benzene rings is 2. The molecule has 2 saturated carbocycles. The van der Waals surface area contributed by atoms with Crippen molar-refractivity contribution in [2.24, 2.45) is 16.3 Å². The maximum absolute atomic E-state index is 13.2. The zero-order valence-corrected chi connectivity index (χ0v) is 28.2. The van der Waals surface area contributed by atoms with E-state index < -0.39 is 0 Å². The molecule has 0 bridgehead atoms. The van der Waals surface area contributed by atoms with Crippen molar-refractivity contribution in [3.05, 3.63) is 119 Å². The Kier molecular flexibility index (Phi) is 9.35. The summed E-state index contributed by atoms with van der Waals surface area (Å²) in [6.45, 7) is 4.65. The number of aromatic nitrogens is 3. The van der Waals surface area contributed by atoms with Crippen molar-refractivity contribution < 1.29 is 4.79 Å². The Bertz CT molecular complexity index is 1730. The summed E-state index contributed by atoms with van der Waals surface area (Å²) < 4.78 is 0. The lowest BCUT2D eigenvalue weighted by molar-refractivity contribution is 0.0942. The van der Waals surface area contributed by atoms with Gasteiger partial charge in [0.05, 0.1) is 34.6 Å². The fourth-order valence-corrected chi connectivity index (χ4v) is 8.38. The molecule has 8 heteroatoms. The number of nitrogens with one attached hydrogen (secondary N) is 1. The molecule has 3 heterocycles. The van der Waals surface area contributed by atoms with E-state index in [1.807, 2.05) is 30.3 Å². The van der Waals surface area contributed by atoms with E-state index in [2.05, 4.69) is 58.4 Å². The van der Waals surface area contributed by atoms with Gasteiger partial charge in [0.15, 0.2) is 0 Å². The van der Waals surface area contributed by atoms with Gasteiger partial charge in [-0.1, -0.05) is 74.4 Å². The minimum atomic E-state index is -0.328. The summed E-state index contributed by atoms with van der Waals surface area (Å²) in [5, 5.41) is 3.22. The highest BCUT2D eigenvalue weighted by Crippen LogP contribution is 2.70. The Morgan fingerprint density at radius 3 is 2.48 bits per heavy atom. The Morgan fingerprint density at radius 2 is 1.75 bits per heavy atom. The molecule has 0 radical (unpaired) electrons. The molecule has 7 rings (SSSR count). The van der Waals surface area contributed by atoms with Crippen LogP contribution in [0.25, 0.3) is 0 Å². The van der Waals surface area contributed by atoms with E-state index in [0.717, 1.165) is 39.6 Å². The summed E-state index contributed by atoms with van der Waals surface area (Å²) >= 11 is 0. The second-order valence-electron chi connectivity index (χ2n) is 14.1. The first-order valence-corrected chi connectivity index (χ1v) is 17.7. The summed E-state index contributed by atoms with van der Waals surface area (Å²) in [5.41, 5.74) is 13.1. The van der Waals surface area contributed by atoms with E-state index in [1.54, 1.807) is 30.9 Å². The van der Waals surface area contributed by atoms with Gasteiger partial charge in [-0.3, -0.25) is 14.8 Å². The lowest BCUT2D eigenvalue weighted by atomic mass is 9.76. The number of nitrogens with two attached hydrogens (primary N) is 1. The summed E-state index contributed by atoms with van der Waals surface area (Å²) in [7, 11) is 2.24. The Balaban J connectivity index is 1.09. The maximum Gasteiger partial charge on any atom is 0.253 e. The molecule has 3 aliphatic rings. The molecule has 48 heavy (non-hydrogen) atoms. The van der Waals surface area contributed by atoms with Crippen LogP contribution in [-0.2, 0) is 0 Å². The van der Waals surface area contributed by atoms with Crippen molar-refractivity contribution in [2.75, 3.05) is 25.9 Å². The first kappa shape index (κ1) is 32.1. The van der Waals surface area contributed by atoms with Crippen LogP contribution in [-0.4, -0.2) is 57.6 Å². The van der Waals surface area contributed by atoms with E-state index in [1.165, 1.54) is 64.5 Å². The average molecular weight is 642 g/mol. The van der Waals surface area contributed by atoms with Crippen LogP contribution >= 0.6 is 0 Å². The molecule has 3 atom stereocenters. The van der Waals surface area contributed by atoms with Crippen LogP contribution in [0.1, 0.15) is 109 Å². The number of hydrogen-bond donors (Lipinski definition) is 2. The number of pyridine rings is 1. The molecular weight excluding hydrogens is 594 g/mol. The van der Waals surface area contributed by atoms with Crippen molar-refractivity contribution in [1.82, 2.24) is 25.2 Å². The Labute approximate surface area is 284 Å². The van der Waals surface area contributed by atoms with Crippen molar-refractivity contribution in [3.63, 3.8) is 0 Å². The van der Waals surface area contributed by atoms with E-state index in [4.69, 9.17) is 15.7 Å². The van der Waals surface area contributed by atoms with Crippen LogP contribution in [0.5, 0.6) is 0 Å². The van der Waals surface area contributed by atoms with Gasteiger partial charge in [0.2, 0.25) is 0 Å². The van der Waals surface area contributed by atoms with Gasteiger partial charge in [-0.2, -0.15) is 0 Å². The van der Waals surface area contributed by atoms with Gasteiger partial charge in [-0.05, 0) is 87.8 Å². The fourth-order valence-electron chi connectivity index (χ4n) is 8.38. The smallest absolute Gasteiger partial charge is 0.253 e. The summed E-state index contributed by atoms with van der Waals surface area (Å²) in [4.78, 5) is 34.5. The van der Waals surface area contributed by atoms with Crippen LogP contribution in [0.4, 0.5) is 5.82 Å². The lowest BCUT2D eigenvalue weighted by Crippen LogP contribution is -2.29. The molecule has 8 nitrogen and oxygen atoms in total. The molecule has 3 unspecified atom stereocenters. The molecule has 4 aromatic rings. The van der Waals surface area contributed by atoms with Crippen molar-refractivity contribution in [2.45, 2.75) is 76.3 Å². The largest absolute Gasteiger partial charge is 0.383 e. The number of carbonyl (C=O) groups is 1. The van der Waals surface area contributed by atoms with E-state index in [-0.39, 0.29) is 23.4 Å². The normalized spacial score (nSPS) is 23.2. The van der Waals surface area contributed by atoms with Crippen molar-refractivity contribution >= 4 is 17.4 Å². The molecule has 1 amide bonds. The first-order valence-electron chi connectivity index (χ1n) is 17.7. The predicted molar refractivity (Wildman–Crippen MR) is 191 cm³/mol. The third-order valence-electron chi connectivity index (χ3n) is 11.0. The monoisotopic (exact) mass is 641 g/mol. The second-order valence-corrected chi connectivity index (χ2v) is 14.1. The highest BCUT2D eigenvalue weighted by Gasteiger charge is 2.68. The summed E-state index contributed by atoms with van der Waals surface area (Å²) in [6.07, 6.45) is 15.0. The molecular formula is C40H47N7O. The molecule has 1 aliphatic heterocycles. The number of rotatable bonds is 12. The number of amides is 1. The van der Waals surface area contributed by atoms with E-state index in [9.17, 15) is 4.79 Å². The Hall–Kier alpha value is -4.43. The van der Waals surface area contributed by atoms with Gasteiger partial charge in [-0.25, -0.2) is 9.97 Å². The van der Waals surface area contributed by atoms with Crippen LogP contribution in [0.3, 0.4) is 0 Å².